The number of amides is 1. The van der Waals surface area contributed by atoms with Gasteiger partial charge in [0, 0.05) is 18.2 Å². The van der Waals surface area contributed by atoms with Crippen molar-refractivity contribution in [3.63, 3.8) is 0 Å². The number of hydrogen-bond donors (Lipinski definition) is 3. The van der Waals surface area contributed by atoms with Crippen molar-refractivity contribution in [2.24, 2.45) is 0 Å². The van der Waals surface area contributed by atoms with E-state index in [-0.39, 0.29) is 24.3 Å². The Labute approximate surface area is 168 Å². The molecule has 1 saturated heterocycles. The first-order chi connectivity index (χ1) is 13.8. The third-order valence-corrected chi connectivity index (χ3v) is 6.94. The third-order valence-electron chi connectivity index (χ3n) is 5.29. The van der Waals surface area contributed by atoms with Gasteiger partial charge in [0.25, 0.3) is 5.91 Å². The third kappa shape index (κ3) is 4.75. The lowest BCUT2D eigenvalue weighted by atomic mass is 9.91. The van der Waals surface area contributed by atoms with Crippen LogP contribution in [0.3, 0.4) is 0 Å². The summed E-state index contributed by atoms with van der Waals surface area (Å²) in [5, 5.41) is 12.2. The van der Waals surface area contributed by atoms with Gasteiger partial charge in [0.1, 0.15) is 26.9 Å². The van der Waals surface area contributed by atoms with Crippen LogP contribution in [0, 0.1) is 5.82 Å². The van der Waals surface area contributed by atoms with E-state index >= 15 is 0 Å². The second-order valence-corrected chi connectivity index (χ2v) is 9.37. The molecule has 0 spiro atoms. The minimum Gasteiger partial charge on any atom is -0.497 e. The van der Waals surface area contributed by atoms with Crippen LogP contribution in [-0.4, -0.2) is 43.7 Å². The van der Waals surface area contributed by atoms with E-state index < -0.39 is 27.1 Å². The SMILES string of the molecule is COc1ccc(-c2ccc(CNC3(C(=O)NO)CCS(=O)(=O)CC3)cc2)c(F)c1. The monoisotopic (exact) mass is 422 g/mol. The quantitative estimate of drug-likeness (QED) is 0.486. The van der Waals surface area contributed by atoms with Crippen molar-refractivity contribution in [2.75, 3.05) is 18.6 Å². The molecule has 3 rings (SSSR count). The van der Waals surface area contributed by atoms with Gasteiger partial charge in [-0.1, -0.05) is 24.3 Å². The number of carbonyl (C=O) groups excluding carboxylic acids is 1. The fraction of sp³-hybridized carbons (Fsp3) is 0.350. The molecule has 0 atom stereocenters. The molecular weight excluding hydrogens is 399 g/mol. The maximum Gasteiger partial charge on any atom is 0.263 e. The number of sulfone groups is 1. The highest BCUT2D eigenvalue weighted by atomic mass is 32.2. The molecule has 1 aliphatic rings. The normalized spacial score (nSPS) is 17.5. The summed E-state index contributed by atoms with van der Waals surface area (Å²) in [5.41, 5.74) is 2.46. The molecule has 7 nitrogen and oxygen atoms in total. The summed E-state index contributed by atoms with van der Waals surface area (Å²) in [6.07, 6.45) is 0.160. The molecule has 1 aliphatic heterocycles. The van der Waals surface area contributed by atoms with Gasteiger partial charge < -0.3 is 4.74 Å². The van der Waals surface area contributed by atoms with Gasteiger partial charge in [-0.05, 0) is 36.1 Å². The predicted octanol–water partition coefficient (Wildman–Crippen LogP) is 2.04. The topological polar surface area (TPSA) is 105 Å². The van der Waals surface area contributed by atoms with Crippen molar-refractivity contribution in [1.29, 1.82) is 0 Å². The van der Waals surface area contributed by atoms with Crippen LogP contribution in [-0.2, 0) is 21.2 Å². The first-order valence-electron chi connectivity index (χ1n) is 9.11. The van der Waals surface area contributed by atoms with Gasteiger partial charge in [-0.3, -0.25) is 15.3 Å². The molecule has 2 aromatic carbocycles. The number of methoxy groups -OCH3 is 1. The second kappa shape index (κ2) is 8.48. The van der Waals surface area contributed by atoms with Crippen molar-refractivity contribution in [1.82, 2.24) is 10.8 Å². The molecule has 29 heavy (non-hydrogen) atoms. The second-order valence-electron chi connectivity index (χ2n) is 7.07. The van der Waals surface area contributed by atoms with Crippen LogP contribution >= 0.6 is 0 Å². The molecule has 1 fully saturated rings. The van der Waals surface area contributed by atoms with Gasteiger partial charge in [-0.15, -0.1) is 0 Å². The fourth-order valence-electron chi connectivity index (χ4n) is 3.41. The molecule has 0 saturated carbocycles. The highest BCUT2D eigenvalue weighted by molar-refractivity contribution is 7.91. The first-order valence-corrected chi connectivity index (χ1v) is 10.9. The van der Waals surface area contributed by atoms with Gasteiger partial charge in [0.05, 0.1) is 18.6 Å². The van der Waals surface area contributed by atoms with E-state index in [1.54, 1.807) is 41.9 Å². The zero-order chi connectivity index (χ0) is 21.1. The summed E-state index contributed by atoms with van der Waals surface area (Å²) in [4.78, 5) is 12.2. The number of hydroxylamine groups is 1. The molecule has 0 unspecified atom stereocenters. The highest BCUT2D eigenvalue weighted by Crippen LogP contribution is 2.28. The molecule has 3 N–H and O–H groups in total. The van der Waals surface area contributed by atoms with Gasteiger partial charge in [-0.2, -0.15) is 0 Å². The summed E-state index contributed by atoms with van der Waals surface area (Å²) in [6, 6.07) is 11.8. The summed E-state index contributed by atoms with van der Waals surface area (Å²) in [7, 11) is -1.70. The van der Waals surface area contributed by atoms with Crippen LogP contribution in [0.1, 0.15) is 18.4 Å². The van der Waals surface area contributed by atoms with Crippen LogP contribution in [0.25, 0.3) is 11.1 Å². The highest BCUT2D eigenvalue weighted by Gasteiger charge is 2.43. The molecule has 9 heteroatoms. The lowest BCUT2D eigenvalue weighted by Crippen LogP contribution is -2.59. The molecule has 0 bridgehead atoms. The van der Waals surface area contributed by atoms with E-state index in [4.69, 9.17) is 9.94 Å². The van der Waals surface area contributed by atoms with E-state index in [2.05, 4.69) is 5.32 Å². The standard InChI is InChI=1S/C20H23FN2O5S/c1-28-16-6-7-17(18(21)12-16)15-4-2-14(3-5-15)13-22-20(19(24)23-25)8-10-29(26,27)11-9-20/h2-7,12,22,25H,8-11,13H2,1H3,(H,23,24). The summed E-state index contributed by atoms with van der Waals surface area (Å²) in [6.45, 7) is 0.291. The minimum atomic E-state index is -3.17. The maximum atomic E-state index is 14.2. The van der Waals surface area contributed by atoms with Gasteiger partial charge >= 0.3 is 0 Å². The molecule has 0 aromatic heterocycles. The number of benzene rings is 2. The molecule has 2 aromatic rings. The zero-order valence-electron chi connectivity index (χ0n) is 15.9. The van der Waals surface area contributed by atoms with Gasteiger partial charge in [0.15, 0.2) is 0 Å². The number of nitrogens with one attached hydrogen (secondary N) is 2. The lowest BCUT2D eigenvalue weighted by Gasteiger charge is -2.35. The van der Waals surface area contributed by atoms with Crippen molar-refractivity contribution in [3.8, 4) is 16.9 Å². The zero-order valence-corrected chi connectivity index (χ0v) is 16.8. The number of rotatable bonds is 6. The number of ether oxygens (including phenoxy) is 1. The molecule has 156 valence electrons. The van der Waals surface area contributed by atoms with Crippen molar-refractivity contribution < 1.29 is 27.5 Å². The summed E-state index contributed by atoms with van der Waals surface area (Å²) in [5.74, 6) is -0.845. The van der Waals surface area contributed by atoms with E-state index in [0.717, 1.165) is 5.56 Å². The Balaban J connectivity index is 1.73. The Kier molecular flexibility index (Phi) is 6.21. The smallest absolute Gasteiger partial charge is 0.263 e. The summed E-state index contributed by atoms with van der Waals surface area (Å²) >= 11 is 0. The van der Waals surface area contributed by atoms with Crippen molar-refractivity contribution in [3.05, 3.63) is 53.8 Å². The molecule has 1 amide bonds. The van der Waals surface area contributed by atoms with Crippen molar-refractivity contribution in [2.45, 2.75) is 24.9 Å². The molecular formula is C20H23FN2O5S. The number of carbonyl (C=O) groups is 1. The fourth-order valence-corrected chi connectivity index (χ4v) is 4.93. The van der Waals surface area contributed by atoms with Gasteiger partial charge in [-0.25, -0.2) is 18.3 Å². The molecule has 0 aliphatic carbocycles. The maximum absolute atomic E-state index is 14.2. The van der Waals surface area contributed by atoms with E-state index in [1.165, 1.54) is 13.2 Å². The molecule has 1 heterocycles. The van der Waals surface area contributed by atoms with Crippen LogP contribution in [0.15, 0.2) is 42.5 Å². The average molecular weight is 422 g/mol. The van der Waals surface area contributed by atoms with Crippen LogP contribution in [0.2, 0.25) is 0 Å². The minimum absolute atomic E-state index is 0.0802. The number of halogens is 1. The Morgan fingerprint density at radius 2 is 1.83 bits per heavy atom. The average Bonchev–Trinajstić information content (AvgIpc) is 2.73. The van der Waals surface area contributed by atoms with Crippen LogP contribution in [0.4, 0.5) is 4.39 Å². The first kappa shape index (κ1) is 21.2. The van der Waals surface area contributed by atoms with Crippen LogP contribution in [0.5, 0.6) is 5.75 Å². The van der Waals surface area contributed by atoms with E-state index in [9.17, 15) is 17.6 Å². The van der Waals surface area contributed by atoms with Gasteiger partial charge in [0.2, 0.25) is 0 Å². The van der Waals surface area contributed by atoms with E-state index in [1.807, 2.05) is 0 Å². The van der Waals surface area contributed by atoms with E-state index in [0.29, 0.717) is 23.4 Å². The van der Waals surface area contributed by atoms with Crippen molar-refractivity contribution >= 4 is 15.7 Å². The summed E-state index contributed by atoms with van der Waals surface area (Å²) < 4.78 is 42.7. The Morgan fingerprint density at radius 3 is 2.38 bits per heavy atom. The number of hydrogen-bond acceptors (Lipinski definition) is 6. The predicted molar refractivity (Wildman–Crippen MR) is 106 cm³/mol. The lowest BCUT2D eigenvalue weighted by molar-refractivity contribution is -0.136. The Bertz CT molecular complexity index is 978. The Morgan fingerprint density at radius 1 is 1.17 bits per heavy atom. The largest absolute Gasteiger partial charge is 0.497 e. The van der Waals surface area contributed by atoms with Crippen LogP contribution < -0.4 is 15.5 Å². The molecule has 0 radical (unpaired) electrons. The Hall–Kier alpha value is -2.49.